The second-order valence-corrected chi connectivity index (χ2v) is 6.89. The molecule has 0 aliphatic carbocycles. The number of pyridine rings is 1. The topological polar surface area (TPSA) is 101 Å². The van der Waals surface area contributed by atoms with Crippen LogP contribution in [0.5, 0.6) is 17.2 Å². The van der Waals surface area contributed by atoms with E-state index in [4.69, 9.17) is 14.5 Å². The molecule has 29 heavy (non-hydrogen) atoms. The number of rotatable bonds is 5. The lowest BCUT2D eigenvalue weighted by Gasteiger charge is -2.28. The number of H-pyrrole nitrogens is 1. The molecule has 1 aromatic carbocycles. The summed E-state index contributed by atoms with van der Waals surface area (Å²) < 4.78 is 10.5. The number of nitrogens with zero attached hydrogens (tertiary/aromatic N) is 3. The molecule has 0 atom stereocenters. The highest BCUT2D eigenvalue weighted by Crippen LogP contribution is 2.37. The number of hydrogen-bond acceptors (Lipinski definition) is 7. The van der Waals surface area contributed by atoms with Gasteiger partial charge in [-0.2, -0.15) is 0 Å². The van der Waals surface area contributed by atoms with Gasteiger partial charge in [-0.3, -0.25) is 14.7 Å². The Morgan fingerprint density at radius 1 is 1.21 bits per heavy atom. The molecule has 0 fully saturated rings. The van der Waals surface area contributed by atoms with Gasteiger partial charge in [-0.05, 0) is 36.2 Å². The number of benzene rings is 1. The molecule has 0 saturated carbocycles. The lowest BCUT2D eigenvalue weighted by molar-refractivity contribution is 0.239. The summed E-state index contributed by atoms with van der Waals surface area (Å²) in [5.74, 6) is 1.38. The Morgan fingerprint density at radius 2 is 2.00 bits per heavy atom. The average Bonchev–Trinajstić information content (AvgIpc) is 2.73. The van der Waals surface area contributed by atoms with Gasteiger partial charge in [0.15, 0.2) is 11.5 Å². The van der Waals surface area contributed by atoms with E-state index in [0.29, 0.717) is 36.8 Å². The fourth-order valence-electron chi connectivity index (χ4n) is 3.62. The molecule has 1 aliphatic heterocycles. The van der Waals surface area contributed by atoms with E-state index in [1.807, 2.05) is 18.2 Å². The Balaban J connectivity index is 1.60. The van der Waals surface area contributed by atoms with Crippen LogP contribution < -0.4 is 15.0 Å². The van der Waals surface area contributed by atoms with Gasteiger partial charge >= 0.3 is 0 Å². The molecular formula is C21H22N4O4. The number of aromatic hydroxyl groups is 1. The van der Waals surface area contributed by atoms with Gasteiger partial charge in [0.2, 0.25) is 5.75 Å². The van der Waals surface area contributed by atoms with Crippen molar-refractivity contribution in [3.8, 4) is 28.6 Å². The zero-order valence-corrected chi connectivity index (χ0v) is 16.3. The van der Waals surface area contributed by atoms with Crippen molar-refractivity contribution < 1.29 is 14.6 Å². The second kappa shape index (κ2) is 7.92. The van der Waals surface area contributed by atoms with E-state index in [1.165, 1.54) is 14.2 Å². The van der Waals surface area contributed by atoms with E-state index in [0.717, 1.165) is 28.9 Å². The van der Waals surface area contributed by atoms with Crippen molar-refractivity contribution in [3.63, 3.8) is 0 Å². The third kappa shape index (κ3) is 3.79. The first-order valence-electron chi connectivity index (χ1n) is 9.27. The summed E-state index contributed by atoms with van der Waals surface area (Å²) in [6.45, 7) is 1.86. The van der Waals surface area contributed by atoms with Gasteiger partial charge in [0.25, 0.3) is 5.56 Å². The third-order valence-electron chi connectivity index (χ3n) is 5.03. The van der Waals surface area contributed by atoms with Crippen LogP contribution in [0.15, 0.2) is 41.5 Å². The highest BCUT2D eigenvalue weighted by molar-refractivity contribution is 5.54. The van der Waals surface area contributed by atoms with E-state index in [1.54, 1.807) is 18.5 Å². The van der Waals surface area contributed by atoms with Gasteiger partial charge in [-0.25, -0.2) is 4.98 Å². The van der Waals surface area contributed by atoms with Gasteiger partial charge in [0.05, 0.1) is 19.9 Å². The number of ether oxygens (including phenoxy) is 2. The number of methoxy groups -OCH3 is 2. The summed E-state index contributed by atoms with van der Waals surface area (Å²) in [5, 5.41) is 10.2. The minimum absolute atomic E-state index is 0.0359. The van der Waals surface area contributed by atoms with Crippen molar-refractivity contribution in [2.24, 2.45) is 0 Å². The van der Waals surface area contributed by atoms with Gasteiger partial charge in [0.1, 0.15) is 5.82 Å². The summed E-state index contributed by atoms with van der Waals surface area (Å²) in [6.07, 6.45) is 3.96. The first-order chi connectivity index (χ1) is 14.1. The molecule has 8 nitrogen and oxygen atoms in total. The van der Waals surface area contributed by atoms with E-state index in [2.05, 4.69) is 14.9 Å². The highest BCUT2D eigenvalue weighted by atomic mass is 16.5. The first kappa shape index (κ1) is 18.9. The van der Waals surface area contributed by atoms with Crippen molar-refractivity contribution in [3.05, 3.63) is 63.8 Å². The van der Waals surface area contributed by atoms with Crippen LogP contribution in [-0.4, -0.2) is 45.7 Å². The highest BCUT2D eigenvalue weighted by Gasteiger charge is 2.22. The second-order valence-electron chi connectivity index (χ2n) is 6.89. The number of hydrogen-bond donors (Lipinski definition) is 2. The SMILES string of the molecule is COc1cc(CN2CCc3c(nc(-c4ccncc4)[nH]c3=O)C2)cc(O)c1OC. The molecule has 2 aromatic heterocycles. The fraction of sp³-hybridized carbons (Fsp3) is 0.286. The monoisotopic (exact) mass is 394 g/mol. The van der Waals surface area contributed by atoms with Crippen LogP contribution in [0.3, 0.4) is 0 Å². The molecule has 4 rings (SSSR count). The predicted molar refractivity (Wildman–Crippen MR) is 107 cm³/mol. The van der Waals surface area contributed by atoms with Crippen molar-refractivity contribution in [2.45, 2.75) is 19.5 Å². The van der Waals surface area contributed by atoms with Crippen LogP contribution in [0.1, 0.15) is 16.8 Å². The molecule has 8 heteroatoms. The Labute approximate surface area is 167 Å². The van der Waals surface area contributed by atoms with Crippen LogP contribution in [0.4, 0.5) is 0 Å². The van der Waals surface area contributed by atoms with Crippen LogP contribution in [0.2, 0.25) is 0 Å². The maximum Gasteiger partial charge on any atom is 0.254 e. The molecule has 0 radical (unpaired) electrons. The zero-order chi connectivity index (χ0) is 20.4. The molecule has 3 aromatic rings. The molecule has 1 aliphatic rings. The van der Waals surface area contributed by atoms with Crippen LogP contribution in [0.25, 0.3) is 11.4 Å². The van der Waals surface area contributed by atoms with Gasteiger partial charge in [-0.1, -0.05) is 0 Å². The average molecular weight is 394 g/mol. The van der Waals surface area contributed by atoms with Gasteiger partial charge in [0, 0.05) is 43.2 Å². The van der Waals surface area contributed by atoms with Crippen molar-refractivity contribution in [1.29, 1.82) is 0 Å². The Bertz CT molecular complexity index is 1080. The molecule has 150 valence electrons. The largest absolute Gasteiger partial charge is 0.504 e. The number of nitrogens with one attached hydrogen (secondary N) is 1. The number of aromatic amines is 1. The van der Waals surface area contributed by atoms with E-state index < -0.39 is 0 Å². The molecule has 0 spiro atoms. The van der Waals surface area contributed by atoms with Crippen LogP contribution >= 0.6 is 0 Å². The minimum atomic E-state index is -0.0924. The summed E-state index contributed by atoms with van der Waals surface area (Å²) in [4.78, 5) is 26.3. The number of fused-ring (bicyclic) bond motifs is 1. The molecule has 3 heterocycles. The Kier molecular flexibility index (Phi) is 5.18. The van der Waals surface area contributed by atoms with Gasteiger partial charge in [-0.15, -0.1) is 0 Å². The molecule has 0 unspecified atom stereocenters. The molecule has 0 saturated heterocycles. The standard InChI is InChI=1S/C21H22N4O4/c1-28-18-10-13(9-17(26)19(18)29-2)11-25-8-5-15-16(12-25)23-20(24-21(15)27)14-3-6-22-7-4-14/h3-4,6-7,9-10,26H,5,8,11-12H2,1-2H3,(H,23,24,27). The number of phenols is 1. The molecule has 2 N–H and O–H groups in total. The minimum Gasteiger partial charge on any atom is -0.504 e. The van der Waals surface area contributed by atoms with E-state index in [-0.39, 0.29) is 11.3 Å². The van der Waals surface area contributed by atoms with Crippen molar-refractivity contribution in [1.82, 2.24) is 19.9 Å². The summed E-state index contributed by atoms with van der Waals surface area (Å²) >= 11 is 0. The molecular weight excluding hydrogens is 372 g/mol. The fourth-order valence-corrected chi connectivity index (χ4v) is 3.62. The lowest BCUT2D eigenvalue weighted by atomic mass is 10.0. The summed E-state index contributed by atoms with van der Waals surface area (Å²) in [5.41, 5.74) is 3.13. The van der Waals surface area contributed by atoms with Crippen molar-refractivity contribution in [2.75, 3.05) is 20.8 Å². The Hall–Kier alpha value is -3.39. The zero-order valence-electron chi connectivity index (χ0n) is 16.3. The van der Waals surface area contributed by atoms with Crippen LogP contribution in [0, 0.1) is 0 Å². The lowest BCUT2D eigenvalue weighted by Crippen LogP contribution is -2.35. The maximum atomic E-state index is 12.5. The van der Waals surface area contributed by atoms with E-state index in [9.17, 15) is 9.90 Å². The quantitative estimate of drug-likeness (QED) is 0.684. The smallest absolute Gasteiger partial charge is 0.254 e. The van der Waals surface area contributed by atoms with Gasteiger partial charge < -0.3 is 19.6 Å². The number of phenolic OH excluding ortho intramolecular Hbond substituents is 1. The Morgan fingerprint density at radius 3 is 2.72 bits per heavy atom. The number of aromatic nitrogens is 3. The first-order valence-corrected chi connectivity index (χ1v) is 9.27. The maximum absolute atomic E-state index is 12.5. The third-order valence-corrected chi connectivity index (χ3v) is 5.03. The van der Waals surface area contributed by atoms with Crippen molar-refractivity contribution >= 4 is 0 Å². The summed E-state index contributed by atoms with van der Waals surface area (Å²) in [6, 6.07) is 7.15. The van der Waals surface area contributed by atoms with Crippen LogP contribution in [-0.2, 0) is 19.5 Å². The molecule has 0 bridgehead atoms. The van der Waals surface area contributed by atoms with E-state index >= 15 is 0 Å². The summed E-state index contributed by atoms with van der Waals surface area (Å²) in [7, 11) is 3.03. The normalized spacial score (nSPS) is 13.7. The predicted octanol–water partition coefficient (Wildman–Crippen LogP) is 2.11. The molecule has 0 amide bonds.